The van der Waals surface area contributed by atoms with Gasteiger partial charge in [0.25, 0.3) is 5.91 Å². The predicted molar refractivity (Wildman–Crippen MR) is 93.6 cm³/mol. The van der Waals surface area contributed by atoms with E-state index in [2.05, 4.69) is 16.0 Å². The summed E-state index contributed by atoms with van der Waals surface area (Å²) in [7, 11) is 0. The summed E-state index contributed by atoms with van der Waals surface area (Å²) in [4.78, 5) is 23.9. The number of hydrazine groups is 1. The van der Waals surface area contributed by atoms with E-state index in [-0.39, 0.29) is 12.2 Å². The lowest BCUT2D eigenvalue weighted by atomic mass is 10.2. The van der Waals surface area contributed by atoms with E-state index < -0.39 is 12.0 Å². The highest BCUT2D eigenvalue weighted by Crippen LogP contribution is 2.25. The first-order valence-electron chi connectivity index (χ1n) is 8.03. The molecule has 2 heterocycles. The van der Waals surface area contributed by atoms with Crippen LogP contribution in [0.25, 0.3) is 17.1 Å². The summed E-state index contributed by atoms with van der Waals surface area (Å²) in [5.74, 6) is 0.619. The first kappa shape index (κ1) is 17.3. The number of aryl methyl sites for hydroxylation is 1. The normalized spacial score (nSPS) is 10.4. The van der Waals surface area contributed by atoms with E-state index >= 15 is 0 Å². The van der Waals surface area contributed by atoms with Crippen molar-refractivity contribution in [2.45, 2.75) is 13.8 Å². The van der Waals surface area contributed by atoms with Crippen molar-refractivity contribution < 1.29 is 18.7 Å². The molecule has 2 N–H and O–H groups in total. The zero-order chi connectivity index (χ0) is 18.5. The van der Waals surface area contributed by atoms with Crippen molar-refractivity contribution in [3.63, 3.8) is 0 Å². The van der Waals surface area contributed by atoms with Crippen molar-refractivity contribution in [3.8, 4) is 17.1 Å². The van der Waals surface area contributed by atoms with Crippen molar-refractivity contribution >= 4 is 12.0 Å². The van der Waals surface area contributed by atoms with Crippen molar-refractivity contribution in [2.75, 3.05) is 6.61 Å². The number of aromatic nitrogens is 2. The molecule has 0 bridgehead atoms. The molecule has 26 heavy (non-hydrogen) atoms. The predicted octanol–water partition coefficient (Wildman–Crippen LogP) is 2.83. The van der Waals surface area contributed by atoms with Gasteiger partial charge in [0.1, 0.15) is 11.5 Å². The second-order valence-corrected chi connectivity index (χ2v) is 5.38. The van der Waals surface area contributed by atoms with Crippen LogP contribution in [0.4, 0.5) is 4.79 Å². The van der Waals surface area contributed by atoms with Crippen LogP contribution in [0.15, 0.2) is 53.1 Å². The second kappa shape index (κ2) is 7.56. The molecule has 0 unspecified atom stereocenters. The van der Waals surface area contributed by atoms with Crippen molar-refractivity contribution in [1.29, 1.82) is 0 Å². The van der Waals surface area contributed by atoms with E-state index in [1.807, 2.05) is 30.3 Å². The molecule has 0 saturated heterocycles. The maximum atomic E-state index is 12.5. The fraction of sp³-hybridized carbons (Fsp3) is 0.167. The van der Waals surface area contributed by atoms with Gasteiger partial charge in [0.15, 0.2) is 5.76 Å². The molecule has 8 nitrogen and oxygen atoms in total. The van der Waals surface area contributed by atoms with E-state index in [0.717, 1.165) is 5.69 Å². The standard InChI is InChI=1S/C18H18N4O4/c1-3-25-18(24)20-19-17(23)14-11-22(13-7-5-4-6-8-13)21-16(14)15-10-9-12(2)26-15/h4-11H,3H2,1-2H3,(H,19,23)(H,20,24). The summed E-state index contributed by atoms with van der Waals surface area (Å²) in [5, 5.41) is 4.47. The Bertz CT molecular complexity index is 914. The van der Waals surface area contributed by atoms with Crippen LogP contribution in [0.3, 0.4) is 0 Å². The topological polar surface area (TPSA) is 98.4 Å². The van der Waals surface area contributed by atoms with Gasteiger partial charge in [-0.2, -0.15) is 5.10 Å². The van der Waals surface area contributed by atoms with Crippen molar-refractivity contribution in [3.05, 3.63) is 60.0 Å². The van der Waals surface area contributed by atoms with Gasteiger partial charge in [-0.15, -0.1) is 0 Å². The van der Waals surface area contributed by atoms with E-state index in [1.54, 1.807) is 36.9 Å². The van der Waals surface area contributed by atoms with Crippen LogP contribution in [0.5, 0.6) is 0 Å². The molecule has 0 aliphatic rings. The first-order chi connectivity index (χ1) is 12.6. The number of hydrogen-bond acceptors (Lipinski definition) is 5. The average Bonchev–Trinajstić information content (AvgIpc) is 3.27. The molecule has 1 aromatic carbocycles. The Morgan fingerprint density at radius 1 is 1.15 bits per heavy atom. The highest BCUT2D eigenvalue weighted by Gasteiger charge is 2.21. The third-order valence-electron chi connectivity index (χ3n) is 3.51. The number of benzene rings is 1. The third kappa shape index (κ3) is 3.75. The molecule has 3 aromatic rings. The molecular weight excluding hydrogens is 336 g/mol. The molecule has 0 aliphatic heterocycles. The molecular formula is C18H18N4O4. The number of ether oxygens (including phenoxy) is 1. The van der Waals surface area contributed by atoms with Gasteiger partial charge in [0.2, 0.25) is 0 Å². The monoisotopic (exact) mass is 354 g/mol. The molecule has 2 amide bonds. The Kier molecular flexibility index (Phi) is 5.02. The Balaban J connectivity index is 1.93. The summed E-state index contributed by atoms with van der Waals surface area (Å²) in [6.07, 6.45) is 0.830. The molecule has 2 aromatic heterocycles. The van der Waals surface area contributed by atoms with E-state index in [4.69, 9.17) is 9.15 Å². The van der Waals surface area contributed by atoms with E-state index in [0.29, 0.717) is 17.2 Å². The number of nitrogens with zero attached hydrogens (tertiary/aromatic N) is 2. The first-order valence-corrected chi connectivity index (χ1v) is 8.03. The molecule has 0 fully saturated rings. The van der Waals surface area contributed by atoms with Crippen LogP contribution < -0.4 is 10.9 Å². The zero-order valence-electron chi connectivity index (χ0n) is 14.4. The highest BCUT2D eigenvalue weighted by atomic mass is 16.6. The number of rotatable bonds is 4. The number of carbonyl (C=O) groups excluding carboxylic acids is 2. The number of nitrogens with one attached hydrogen (secondary N) is 2. The van der Waals surface area contributed by atoms with Crippen LogP contribution >= 0.6 is 0 Å². The second-order valence-electron chi connectivity index (χ2n) is 5.38. The fourth-order valence-corrected chi connectivity index (χ4v) is 2.34. The Labute approximate surface area is 149 Å². The van der Waals surface area contributed by atoms with Gasteiger partial charge in [-0.1, -0.05) is 18.2 Å². The summed E-state index contributed by atoms with van der Waals surface area (Å²) >= 11 is 0. The maximum Gasteiger partial charge on any atom is 0.426 e. The molecule has 0 radical (unpaired) electrons. The van der Waals surface area contributed by atoms with Crippen LogP contribution in [-0.4, -0.2) is 28.4 Å². The van der Waals surface area contributed by atoms with Crippen molar-refractivity contribution in [2.24, 2.45) is 0 Å². The fourth-order valence-electron chi connectivity index (χ4n) is 2.34. The third-order valence-corrected chi connectivity index (χ3v) is 3.51. The van der Waals surface area contributed by atoms with Gasteiger partial charge in [-0.25, -0.2) is 14.9 Å². The summed E-state index contributed by atoms with van der Waals surface area (Å²) < 4.78 is 11.9. The Morgan fingerprint density at radius 2 is 1.92 bits per heavy atom. The molecule has 0 aliphatic carbocycles. The molecule has 0 atom stereocenters. The number of furan rings is 1. The van der Waals surface area contributed by atoms with Gasteiger partial charge in [0, 0.05) is 6.20 Å². The van der Waals surface area contributed by atoms with E-state index in [1.165, 1.54) is 0 Å². The smallest absolute Gasteiger partial charge is 0.426 e. The van der Waals surface area contributed by atoms with E-state index in [9.17, 15) is 9.59 Å². The SMILES string of the molecule is CCOC(=O)NNC(=O)c1cn(-c2ccccc2)nc1-c1ccc(C)o1. The lowest BCUT2D eigenvalue weighted by Gasteiger charge is -2.06. The quantitative estimate of drug-likeness (QED) is 0.702. The van der Waals surface area contributed by atoms with Crippen LogP contribution in [0.2, 0.25) is 0 Å². The van der Waals surface area contributed by atoms with Crippen LogP contribution in [-0.2, 0) is 4.74 Å². The molecule has 8 heteroatoms. The Morgan fingerprint density at radius 3 is 2.58 bits per heavy atom. The lowest BCUT2D eigenvalue weighted by molar-refractivity contribution is 0.0913. The Hall–Kier alpha value is -3.55. The van der Waals surface area contributed by atoms with Gasteiger partial charge >= 0.3 is 6.09 Å². The van der Waals surface area contributed by atoms with Gasteiger partial charge < -0.3 is 9.15 Å². The summed E-state index contributed by atoms with van der Waals surface area (Å²) in [5.41, 5.74) is 5.90. The van der Waals surface area contributed by atoms with Gasteiger partial charge in [0.05, 0.1) is 17.9 Å². The zero-order valence-corrected chi connectivity index (χ0v) is 14.4. The van der Waals surface area contributed by atoms with Crippen molar-refractivity contribution in [1.82, 2.24) is 20.6 Å². The summed E-state index contributed by atoms with van der Waals surface area (Å²) in [6.45, 7) is 3.67. The van der Waals surface area contributed by atoms with Gasteiger partial charge in [-0.05, 0) is 38.1 Å². The minimum atomic E-state index is -0.744. The number of amides is 2. The molecule has 134 valence electrons. The minimum Gasteiger partial charge on any atom is -0.460 e. The van der Waals surface area contributed by atoms with Gasteiger partial charge in [-0.3, -0.25) is 10.2 Å². The lowest BCUT2D eigenvalue weighted by Crippen LogP contribution is -2.42. The molecule has 3 rings (SSSR count). The molecule has 0 saturated carbocycles. The molecule has 0 spiro atoms. The number of carbonyl (C=O) groups is 2. The number of para-hydroxylation sites is 1. The maximum absolute atomic E-state index is 12.5. The average molecular weight is 354 g/mol. The summed E-state index contributed by atoms with van der Waals surface area (Å²) in [6, 6.07) is 12.9. The minimum absolute atomic E-state index is 0.199. The van der Waals surface area contributed by atoms with Crippen LogP contribution in [0, 0.1) is 6.92 Å². The van der Waals surface area contributed by atoms with Crippen LogP contribution in [0.1, 0.15) is 23.0 Å². The highest BCUT2D eigenvalue weighted by molar-refractivity contribution is 5.99. The largest absolute Gasteiger partial charge is 0.460 e. The number of hydrogen-bond donors (Lipinski definition) is 2.